The van der Waals surface area contributed by atoms with Crippen molar-refractivity contribution in [1.29, 1.82) is 0 Å². The summed E-state index contributed by atoms with van der Waals surface area (Å²) < 4.78 is 5.80. The highest BCUT2D eigenvalue weighted by Gasteiger charge is 2.03. The molecular formula is C17H22N2O. The number of nitrogens with one attached hydrogen (secondary N) is 1. The molecule has 0 spiro atoms. The number of aromatic nitrogens is 1. The third kappa shape index (κ3) is 3.73. The standard InChI is InChI=1S/C17H22N2O/c1-4-13(2)15-5-7-16(8-6-15)20-12-14-9-10-19-17(11-14)18-3/h5-11,13H,4,12H2,1-3H3,(H,18,19). The average Bonchev–Trinajstić information content (AvgIpc) is 2.53. The van der Waals surface area contributed by atoms with E-state index in [1.54, 1.807) is 6.20 Å². The van der Waals surface area contributed by atoms with E-state index in [1.807, 2.05) is 31.3 Å². The Morgan fingerprint density at radius 2 is 1.95 bits per heavy atom. The van der Waals surface area contributed by atoms with Crippen LogP contribution in [-0.4, -0.2) is 12.0 Å². The lowest BCUT2D eigenvalue weighted by Crippen LogP contribution is -1.99. The number of hydrogen-bond acceptors (Lipinski definition) is 3. The van der Waals surface area contributed by atoms with Crippen molar-refractivity contribution in [3.05, 3.63) is 53.7 Å². The molecule has 1 aromatic heterocycles. The number of hydrogen-bond donors (Lipinski definition) is 1. The van der Waals surface area contributed by atoms with Gasteiger partial charge in [-0.3, -0.25) is 0 Å². The van der Waals surface area contributed by atoms with Crippen molar-refractivity contribution in [3.8, 4) is 5.75 Å². The first-order valence-corrected chi connectivity index (χ1v) is 7.08. The minimum absolute atomic E-state index is 0.555. The Hall–Kier alpha value is -2.03. The molecule has 0 saturated carbocycles. The van der Waals surface area contributed by atoms with E-state index < -0.39 is 0 Å². The van der Waals surface area contributed by atoms with E-state index >= 15 is 0 Å². The Morgan fingerprint density at radius 1 is 1.20 bits per heavy atom. The monoisotopic (exact) mass is 270 g/mol. The maximum atomic E-state index is 5.80. The van der Waals surface area contributed by atoms with Crippen molar-refractivity contribution in [2.24, 2.45) is 0 Å². The fourth-order valence-electron chi connectivity index (χ4n) is 2.00. The number of ether oxygens (including phenoxy) is 1. The van der Waals surface area contributed by atoms with Crippen molar-refractivity contribution in [2.75, 3.05) is 12.4 Å². The van der Waals surface area contributed by atoms with Crippen LogP contribution >= 0.6 is 0 Å². The first kappa shape index (κ1) is 14.4. The zero-order valence-electron chi connectivity index (χ0n) is 12.4. The molecule has 0 amide bonds. The molecule has 1 N–H and O–H groups in total. The molecule has 2 aromatic rings. The van der Waals surface area contributed by atoms with Gasteiger partial charge in [0, 0.05) is 13.2 Å². The molecule has 0 saturated heterocycles. The lowest BCUT2D eigenvalue weighted by atomic mass is 9.99. The SMILES string of the molecule is CCC(C)c1ccc(OCc2ccnc(NC)c2)cc1. The number of nitrogens with zero attached hydrogens (tertiary/aromatic N) is 1. The lowest BCUT2D eigenvalue weighted by Gasteiger charge is -2.11. The third-order valence-corrected chi connectivity index (χ3v) is 3.55. The predicted molar refractivity (Wildman–Crippen MR) is 83.3 cm³/mol. The zero-order valence-corrected chi connectivity index (χ0v) is 12.4. The summed E-state index contributed by atoms with van der Waals surface area (Å²) in [5.74, 6) is 2.36. The summed E-state index contributed by atoms with van der Waals surface area (Å²) in [6.45, 7) is 5.00. The van der Waals surface area contributed by atoms with Crippen LogP contribution in [0.3, 0.4) is 0 Å². The number of rotatable bonds is 6. The number of pyridine rings is 1. The molecule has 0 aliphatic rings. The van der Waals surface area contributed by atoms with Crippen molar-refractivity contribution in [1.82, 2.24) is 4.98 Å². The molecule has 3 nitrogen and oxygen atoms in total. The molecule has 106 valence electrons. The van der Waals surface area contributed by atoms with Gasteiger partial charge in [0.25, 0.3) is 0 Å². The summed E-state index contributed by atoms with van der Waals surface area (Å²) >= 11 is 0. The van der Waals surface area contributed by atoms with Gasteiger partial charge in [-0.25, -0.2) is 4.98 Å². The highest BCUT2D eigenvalue weighted by Crippen LogP contribution is 2.22. The first-order chi connectivity index (χ1) is 9.72. The molecule has 1 heterocycles. The second-order valence-corrected chi connectivity index (χ2v) is 4.97. The Morgan fingerprint density at radius 3 is 2.60 bits per heavy atom. The van der Waals surface area contributed by atoms with Gasteiger partial charge < -0.3 is 10.1 Å². The largest absolute Gasteiger partial charge is 0.489 e. The van der Waals surface area contributed by atoms with E-state index in [4.69, 9.17) is 4.74 Å². The van der Waals surface area contributed by atoms with E-state index in [0.717, 1.165) is 23.6 Å². The molecule has 0 radical (unpaired) electrons. The van der Waals surface area contributed by atoms with Crippen LogP contribution < -0.4 is 10.1 Å². The summed E-state index contributed by atoms with van der Waals surface area (Å²) in [5.41, 5.74) is 2.47. The summed E-state index contributed by atoms with van der Waals surface area (Å²) in [6, 6.07) is 12.3. The van der Waals surface area contributed by atoms with Crippen LogP contribution in [0.2, 0.25) is 0 Å². The van der Waals surface area contributed by atoms with Gasteiger partial charge in [0.2, 0.25) is 0 Å². The minimum Gasteiger partial charge on any atom is -0.489 e. The van der Waals surface area contributed by atoms with Gasteiger partial charge in [-0.2, -0.15) is 0 Å². The van der Waals surface area contributed by atoms with Gasteiger partial charge >= 0.3 is 0 Å². The predicted octanol–water partition coefficient (Wildman–Crippen LogP) is 4.22. The van der Waals surface area contributed by atoms with E-state index in [-0.39, 0.29) is 0 Å². The Kier molecular flexibility index (Phi) is 4.99. The molecule has 20 heavy (non-hydrogen) atoms. The molecule has 0 fully saturated rings. The molecule has 0 aliphatic carbocycles. The van der Waals surface area contributed by atoms with Crippen LogP contribution in [0.4, 0.5) is 5.82 Å². The Balaban J connectivity index is 1.96. The molecule has 3 heteroatoms. The van der Waals surface area contributed by atoms with Crippen LogP contribution in [0, 0.1) is 0 Å². The molecule has 2 rings (SSSR count). The van der Waals surface area contributed by atoms with Gasteiger partial charge in [0.05, 0.1) is 0 Å². The summed E-state index contributed by atoms with van der Waals surface area (Å²) in [7, 11) is 1.86. The van der Waals surface area contributed by atoms with Crippen molar-refractivity contribution in [3.63, 3.8) is 0 Å². The Bertz CT molecular complexity index is 537. The van der Waals surface area contributed by atoms with Gasteiger partial charge in [0.15, 0.2) is 0 Å². The van der Waals surface area contributed by atoms with Gasteiger partial charge in [-0.05, 0) is 47.7 Å². The minimum atomic E-state index is 0.555. The van der Waals surface area contributed by atoms with Crippen molar-refractivity contribution < 1.29 is 4.74 Å². The fourth-order valence-corrected chi connectivity index (χ4v) is 2.00. The number of benzene rings is 1. The number of anilines is 1. The van der Waals surface area contributed by atoms with Crippen LogP contribution in [0.25, 0.3) is 0 Å². The maximum absolute atomic E-state index is 5.80. The highest BCUT2D eigenvalue weighted by atomic mass is 16.5. The molecule has 1 unspecified atom stereocenters. The van der Waals surface area contributed by atoms with Crippen LogP contribution in [-0.2, 0) is 6.61 Å². The molecule has 1 aromatic carbocycles. The first-order valence-electron chi connectivity index (χ1n) is 7.08. The second kappa shape index (κ2) is 6.94. The van der Waals surface area contributed by atoms with Gasteiger partial charge in [0.1, 0.15) is 18.2 Å². The summed E-state index contributed by atoms with van der Waals surface area (Å²) in [5, 5.41) is 3.03. The van der Waals surface area contributed by atoms with E-state index in [2.05, 4.69) is 36.3 Å². The summed E-state index contributed by atoms with van der Waals surface area (Å²) in [4.78, 5) is 4.19. The fraction of sp³-hybridized carbons (Fsp3) is 0.353. The third-order valence-electron chi connectivity index (χ3n) is 3.55. The zero-order chi connectivity index (χ0) is 14.4. The Labute approximate surface area is 121 Å². The van der Waals surface area contributed by atoms with Crippen molar-refractivity contribution in [2.45, 2.75) is 32.8 Å². The highest BCUT2D eigenvalue weighted by molar-refractivity contribution is 5.36. The molecule has 1 atom stereocenters. The van der Waals surface area contributed by atoms with Gasteiger partial charge in [-0.15, -0.1) is 0 Å². The summed E-state index contributed by atoms with van der Waals surface area (Å²) in [6.07, 6.45) is 2.95. The van der Waals surface area contributed by atoms with Crippen molar-refractivity contribution >= 4 is 5.82 Å². The lowest BCUT2D eigenvalue weighted by molar-refractivity contribution is 0.306. The molecular weight excluding hydrogens is 248 g/mol. The van der Waals surface area contributed by atoms with E-state index in [1.165, 1.54) is 5.56 Å². The molecule has 0 bridgehead atoms. The van der Waals surface area contributed by atoms with Crippen LogP contribution in [0.15, 0.2) is 42.6 Å². The maximum Gasteiger partial charge on any atom is 0.126 e. The smallest absolute Gasteiger partial charge is 0.126 e. The quantitative estimate of drug-likeness (QED) is 0.853. The second-order valence-electron chi connectivity index (χ2n) is 4.97. The van der Waals surface area contributed by atoms with E-state index in [9.17, 15) is 0 Å². The van der Waals surface area contributed by atoms with Crippen LogP contribution in [0.5, 0.6) is 5.75 Å². The normalized spacial score (nSPS) is 11.9. The topological polar surface area (TPSA) is 34.1 Å². The van der Waals surface area contributed by atoms with Crippen LogP contribution in [0.1, 0.15) is 37.3 Å². The average molecular weight is 270 g/mol. The molecule has 0 aliphatic heterocycles. The van der Waals surface area contributed by atoms with Gasteiger partial charge in [-0.1, -0.05) is 26.0 Å². The van der Waals surface area contributed by atoms with E-state index in [0.29, 0.717) is 12.5 Å².